The molecular weight excluding hydrogens is 394 g/mol. The summed E-state index contributed by atoms with van der Waals surface area (Å²) in [5.74, 6) is -0.285. The van der Waals surface area contributed by atoms with E-state index in [2.05, 4.69) is 29.1 Å². The number of methoxy groups -OCH3 is 1. The van der Waals surface area contributed by atoms with Crippen LogP contribution >= 0.6 is 0 Å². The lowest BCUT2D eigenvalue weighted by Crippen LogP contribution is -2.60. The Morgan fingerprint density at radius 3 is 2.48 bits per heavy atom. The molecular formula is C23H35N5O3. The van der Waals surface area contributed by atoms with Crippen LogP contribution < -0.4 is 10.4 Å². The van der Waals surface area contributed by atoms with Gasteiger partial charge in [-0.05, 0) is 26.0 Å². The Morgan fingerprint density at radius 2 is 1.84 bits per heavy atom. The highest BCUT2D eigenvalue weighted by Crippen LogP contribution is 2.32. The fourth-order valence-electron chi connectivity index (χ4n) is 5.04. The fraction of sp³-hybridized carbons (Fsp3) is 0.652. The predicted molar refractivity (Wildman–Crippen MR) is 119 cm³/mol. The number of nitrogens with zero attached hydrogens (tertiary/aromatic N) is 4. The van der Waals surface area contributed by atoms with Gasteiger partial charge in [-0.25, -0.2) is 10.4 Å². The van der Waals surface area contributed by atoms with Crippen LogP contribution in [0.15, 0.2) is 30.3 Å². The summed E-state index contributed by atoms with van der Waals surface area (Å²) in [5, 5.41) is 1.64. The van der Waals surface area contributed by atoms with E-state index in [0.29, 0.717) is 25.7 Å². The lowest BCUT2D eigenvalue weighted by molar-refractivity contribution is -0.141. The van der Waals surface area contributed by atoms with Crippen molar-refractivity contribution in [2.24, 2.45) is 11.8 Å². The number of hydrazine groups is 1. The maximum absolute atomic E-state index is 13.6. The normalized spacial score (nSPS) is 27.7. The van der Waals surface area contributed by atoms with Crippen LogP contribution in [-0.4, -0.2) is 98.1 Å². The minimum atomic E-state index is -0.251. The van der Waals surface area contributed by atoms with E-state index in [-0.39, 0.29) is 29.7 Å². The summed E-state index contributed by atoms with van der Waals surface area (Å²) < 4.78 is 5.27. The van der Waals surface area contributed by atoms with Gasteiger partial charge >= 0.3 is 0 Å². The summed E-state index contributed by atoms with van der Waals surface area (Å²) in [6.07, 6.45) is 0. The lowest BCUT2D eigenvalue weighted by Gasteiger charge is -2.43. The van der Waals surface area contributed by atoms with Gasteiger partial charge in [-0.1, -0.05) is 18.2 Å². The van der Waals surface area contributed by atoms with E-state index >= 15 is 0 Å². The van der Waals surface area contributed by atoms with Crippen LogP contribution in [0.1, 0.15) is 13.8 Å². The summed E-state index contributed by atoms with van der Waals surface area (Å²) in [5.41, 5.74) is 4.22. The molecule has 3 saturated heterocycles. The molecule has 1 N–H and O–H groups in total. The monoisotopic (exact) mass is 429 g/mol. The second-order valence-corrected chi connectivity index (χ2v) is 9.08. The molecule has 1 aromatic carbocycles. The molecule has 0 radical (unpaired) electrons. The van der Waals surface area contributed by atoms with Crippen molar-refractivity contribution in [2.75, 3.05) is 64.5 Å². The lowest BCUT2D eigenvalue weighted by atomic mass is 9.83. The number of piperidine rings is 1. The smallest absolute Gasteiger partial charge is 0.247 e. The molecule has 3 unspecified atom stereocenters. The molecule has 3 heterocycles. The number of piperazine rings is 1. The minimum absolute atomic E-state index is 0.0424. The van der Waals surface area contributed by atoms with Gasteiger partial charge in [0.15, 0.2) is 0 Å². The molecule has 8 heteroatoms. The number of para-hydroxylation sites is 1. The van der Waals surface area contributed by atoms with E-state index in [0.717, 1.165) is 38.4 Å². The number of likely N-dealkylation sites (tertiary alicyclic amines) is 1. The van der Waals surface area contributed by atoms with Crippen LogP contribution in [0, 0.1) is 11.8 Å². The van der Waals surface area contributed by atoms with Gasteiger partial charge in [0.05, 0.1) is 30.2 Å². The molecule has 4 rings (SSSR count). The summed E-state index contributed by atoms with van der Waals surface area (Å²) in [7, 11) is 1.68. The van der Waals surface area contributed by atoms with Crippen LogP contribution in [-0.2, 0) is 14.3 Å². The number of nitrogens with one attached hydrogen (secondary N) is 1. The van der Waals surface area contributed by atoms with Crippen molar-refractivity contribution in [3.63, 3.8) is 0 Å². The summed E-state index contributed by atoms with van der Waals surface area (Å²) >= 11 is 0. The Balaban J connectivity index is 1.52. The van der Waals surface area contributed by atoms with E-state index in [1.807, 2.05) is 35.2 Å². The zero-order valence-electron chi connectivity index (χ0n) is 18.9. The third-order valence-corrected chi connectivity index (χ3v) is 6.89. The van der Waals surface area contributed by atoms with Crippen molar-refractivity contribution in [1.29, 1.82) is 0 Å². The van der Waals surface area contributed by atoms with E-state index in [4.69, 9.17) is 4.74 Å². The second kappa shape index (κ2) is 9.65. The van der Waals surface area contributed by atoms with Gasteiger partial charge in [0.2, 0.25) is 11.8 Å². The van der Waals surface area contributed by atoms with Crippen molar-refractivity contribution < 1.29 is 14.3 Å². The molecule has 3 aliphatic heterocycles. The molecule has 1 aromatic rings. The molecule has 0 aromatic heterocycles. The topological polar surface area (TPSA) is 68.4 Å². The number of benzene rings is 1. The number of carbonyl (C=O) groups is 2. The molecule has 31 heavy (non-hydrogen) atoms. The molecule has 3 aliphatic rings. The largest absolute Gasteiger partial charge is 0.383 e. The summed E-state index contributed by atoms with van der Waals surface area (Å²) in [6.45, 7) is 10.3. The van der Waals surface area contributed by atoms with Crippen molar-refractivity contribution in [2.45, 2.75) is 25.9 Å². The molecule has 0 spiro atoms. The molecule has 0 saturated carbocycles. The molecule has 2 amide bonds. The van der Waals surface area contributed by atoms with Gasteiger partial charge in [-0.15, -0.1) is 0 Å². The Hall–Kier alpha value is -2.00. The van der Waals surface area contributed by atoms with Gasteiger partial charge in [0, 0.05) is 59.0 Å². The fourth-order valence-corrected chi connectivity index (χ4v) is 5.04. The number of hydrogen-bond donors (Lipinski definition) is 1. The molecule has 0 bridgehead atoms. The summed E-state index contributed by atoms with van der Waals surface area (Å²) in [4.78, 5) is 33.5. The summed E-state index contributed by atoms with van der Waals surface area (Å²) in [6, 6.07) is 9.95. The zero-order chi connectivity index (χ0) is 22.0. The first kappa shape index (κ1) is 22.2. The van der Waals surface area contributed by atoms with Crippen molar-refractivity contribution >= 4 is 17.5 Å². The second-order valence-electron chi connectivity index (χ2n) is 9.08. The van der Waals surface area contributed by atoms with Crippen LogP contribution in [0.4, 0.5) is 5.69 Å². The predicted octanol–water partition coefficient (Wildman–Crippen LogP) is 0.653. The molecule has 3 atom stereocenters. The number of fused-ring (bicyclic) bond motifs is 1. The SMILES string of the molecule is COCCN1CC(C(=O)N2CCN(C(C)C)CC2)C2NN(c3ccccc3)C(=O)C2C1. The Labute approximate surface area is 185 Å². The average molecular weight is 430 g/mol. The van der Waals surface area contributed by atoms with E-state index in [1.54, 1.807) is 12.1 Å². The number of rotatable bonds is 6. The van der Waals surface area contributed by atoms with Crippen LogP contribution in [0.3, 0.4) is 0 Å². The van der Waals surface area contributed by atoms with E-state index in [9.17, 15) is 9.59 Å². The first-order chi connectivity index (χ1) is 15.0. The van der Waals surface area contributed by atoms with Gasteiger partial charge in [-0.3, -0.25) is 19.4 Å². The van der Waals surface area contributed by atoms with Gasteiger partial charge in [-0.2, -0.15) is 0 Å². The number of hydrogen-bond acceptors (Lipinski definition) is 6. The van der Waals surface area contributed by atoms with Gasteiger partial charge < -0.3 is 9.64 Å². The Kier molecular flexibility index (Phi) is 6.91. The van der Waals surface area contributed by atoms with Crippen LogP contribution in [0.2, 0.25) is 0 Å². The Bertz CT molecular complexity index is 766. The van der Waals surface area contributed by atoms with Gasteiger partial charge in [0.1, 0.15) is 0 Å². The maximum atomic E-state index is 13.6. The number of amides is 2. The Morgan fingerprint density at radius 1 is 1.13 bits per heavy atom. The number of carbonyl (C=O) groups excluding carboxylic acids is 2. The maximum Gasteiger partial charge on any atom is 0.247 e. The van der Waals surface area contributed by atoms with E-state index < -0.39 is 0 Å². The van der Waals surface area contributed by atoms with Crippen LogP contribution in [0.5, 0.6) is 0 Å². The highest BCUT2D eigenvalue weighted by Gasteiger charge is 2.51. The third kappa shape index (κ3) is 4.62. The third-order valence-electron chi connectivity index (χ3n) is 6.89. The highest BCUT2D eigenvalue weighted by molar-refractivity contribution is 5.98. The number of ether oxygens (including phenoxy) is 1. The first-order valence-corrected chi connectivity index (χ1v) is 11.4. The van der Waals surface area contributed by atoms with Crippen molar-refractivity contribution in [1.82, 2.24) is 20.1 Å². The van der Waals surface area contributed by atoms with E-state index in [1.165, 1.54) is 0 Å². The highest BCUT2D eigenvalue weighted by atomic mass is 16.5. The minimum Gasteiger partial charge on any atom is -0.383 e. The average Bonchev–Trinajstić information content (AvgIpc) is 3.13. The molecule has 0 aliphatic carbocycles. The number of anilines is 1. The first-order valence-electron chi connectivity index (χ1n) is 11.4. The molecule has 8 nitrogen and oxygen atoms in total. The van der Waals surface area contributed by atoms with Crippen molar-refractivity contribution in [3.05, 3.63) is 30.3 Å². The standard InChI is InChI=1S/C23H35N5O3/c1-17(2)26-9-11-27(12-10-26)22(29)19-15-25(13-14-31-3)16-20-21(19)24-28(23(20)30)18-7-5-4-6-8-18/h4-8,17,19-21,24H,9-16H2,1-3H3. The van der Waals surface area contributed by atoms with Crippen molar-refractivity contribution in [3.8, 4) is 0 Å². The van der Waals surface area contributed by atoms with Gasteiger partial charge in [0.25, 0.3) is 0 Å². The molecule has 3 fully saturated rings. The quantitative estimate of drug-likeness (QED) is 0.716. The molecule has 170 valence electrons. The zero-order valence-corrected chi connectivity index (χ0v) is 18.9. The van der Waals surface area contributed by atoms with Crippen LogP contribution in [0.25, 0.3) is 0 Å².